The number of ether oxygens (including phenoxy) is 1. The zero-order chi connectivity index (χ0) is 13.2. The molecule has 0 amide bonds. The minimum Gasteiger partial charge on any atom is -0.385 e. The smallest absolute Gasteiger partial charge is 0.131 e. The van der Waals surface area contributed by atoms with E-state index in [1.165, 1.54) is 0 Å². The average Bonchev–Trinajstić information content (AvgIpc) is 2.47. The molecule has 0 saturated carbocycles. The number of benzene rings is 1. The highest BCUT2D eigenvalue weighted by Crippen LogP contribution is 2.26. The summed E-state index contributed by atoms with van der Waals surface area (Å²) < 4.78 is 5.50. The van der Waals surface area contributed by atoms with E-state index < -0.39 is 0 Å². The minimum atomic E-state index is -0.319. The van der Waals surface area contributed by atoms with Gasteiger partial charge in [-0.25, -0.2) is 0 Å². The van der Waals surface area contributed by atoms with Crippen LogP contribution in [-0.4, -0.2) is 36.6 Å². The Kier molecular flexibility index (Phi) is 3.05. The van der Waals surface area contributed by atoms with E-state index in [2.05, 4.69) is 16.0 Å². The molecule has 3 N–H and O–H groups in total. The Labute approximate surface area is 111 Å². The fourth-order valence-corrected chi connectivity index (χ4v) is 2.41. The van der Waals surface area contributed by atoms with Crippen molar-refractivity contribution in [1.29, 1.82) is 5.41 Å². The first-order valence-electron chi connectivity index (χ1n) is 6.30. The average molecular weight is 256 g/mol. The number of fused-ring (bicyclic) bond motifs is 1. The molecule has 0 spiro atoms. The molecule has 1 aromatic heterocycles. The molecule has 1 aromatic carbocycles. The van der Waals surface area contributed by atoms with Gasteiger partial charge in [-0.2, -0.15) is 0 Å². The molecule has 0 bridgehead atoms. The fourth-order valence-electron chi connectivity index (χ4n) is 2.41. The van der Waals surface area contributed by atoms with Crippen molar-refractivity contribution >= 4 is 22.4 Å². The third-order valence-electron chi connectivity index (χ3n) is 3.38. The summed E-state index contributed by atoms with van der Waals surface area (Å²) in [6.45, 7) is 2.00. The Morgan fingerprint density at radius 2 is 2.21 bits per heavy atom. The summed E-state index contributed by atoms with van der Waals surface area (Å²) in [6.07, 6.45) is 1.50. The number of hydrogen-bond acceptors (Lipinski definition) is 4. The maximum Gasteiger partial charge on any atom is 0.131 e. The number of rotatable bonds is 2. The van der Waals surface area contributed by atoms with Crippen LogP contribution in [0.4, 0.5) is 5.69 Å². The molecule has 1 atom stereocenters. The lowest BCUT2D eigenvalue weighted by atomic mass is 10.1. The number of aromatic nitrogens is 1. The lowest BCUT2D eigenvalue weighted by Crippen LogP contribution is -2.48. The molecular weight excluding hydrogens is 240 g/mol. The van der Waals surface area contributed by atoms with Gasteiger partial charge < -0.3 is 15.4 Å². The second-order valence-corrected chi connectivity index (χ2v) is 4.61. The van der Waals surface area contributed by atoms with E-state index >= 15 is 0 Å². The van der Waals surface area contributed by atoms with E-state index in [9.17, 15) is 0 Å². The summed E-state index contributed by atoms with van der Waals surface area (Å²) in [5, 5.41) is 8.64. The number of pyridine rings is 1. The number of anilines is 1. The number of nitrogens with zero attached hydrogens (tertiary/aromatic N) is 2. The molecule has 0 radical (unpaired) electrons. The lowest BCUT2D eigenvalue weighted by Gasteiger charge is -2.34. The third-order valence-corrected chi connectivity index (χ3v) is 3.38. The highest BCUT2D eigenvalue weighted by molar-refractivity contribution is 5.92. The first-order valence-corrected chi connectivity index (χ1v) is 6.30. The molecule has 3 rings (SSSR count). The second kappa shape index (κ2) is 4.85. The Balaban J connectivity index is 1.97. The van der Waals surface area contributed by atoms with Gasteiger partial charge in [0.15, 0.2) is 0 Å². The molecule has 19 heavy (non-hydrogen) atoms. The minimum absolute atomic E-state index is 0.0862. The van der Waals surface area contributed by atoms with Gasteiger partial charge in [0, 0.05) is 23.8 Å². The Hall–Kier alpha value is -2.14. The first kappa shape index (κ1) is 11.9. The zero-order valence-electron chi connectivity index (χ0n) is 10.5. The van der Waals surface area contributed by atoms with Crippen LogP contribution in [-0.2, 0) is 4.74 Å². The molecule has 1 saturated heterocycles. The number of morpholine rings is 1. The fraction of sp³-hybridized carbons (Fsp3) is 0.286. The largest absolute Gasteiger partial charge is 0.385 e. The van der Waals surface area contributed by atoms with Gasteiger partial charge >= 0.3 is 0 Å². The summed E-state index contributed by atoms with van der Waals surface area (Å²) >= 11 is 0. The molecule has 1 unspecified atom stereocenters. The van der Waals surface area contributed by atoms with Crippen molar-refractivity contribution in [2.75, 3.05) is 24.6 Å². The third kappa shape index (κ3) is 2.24. The van der Waals surface area contributed by atoms with Crippen molar-refractivity contribution < 1.29 is 4.74 Å². The monoisotopic (exact) mass is 256 g/mol. The van der Waals surface area contributed by atoms with Gasteiger partial charge in [0.2, 0.25) is 0 Å². The summed E-state index contributed by atoms with van der Waals surface area (Å²) in [6, 6.07) is 10.1. The quantitative estimate of drug-likeness (QED) is 0.628. The molecule has 1 aliphatic rings. The van der Waals surface area contributed by atoms with Crippen molar-refractivity contribution in [3.8, 4) is 0 Å². The van der Waals surface area contributed by atoms with Gasteiger partial charge in [0.25, 0.3) is 0 Å². The number of nitrogens with two attached hydrogens (primary N) is 1. The lowest BCUT2D eigenvalue weighted by molar-refractivity contribution is 0.0827. The summed E-state index contributed by atoms with van der Waals surface area (Å²) in [5.74, 6) is 0.0862. The highest BCUT2D eigenvalue weighted by Gasteiger charge is 2.23. The topological polar surface area (TPSA) is 75.2 Å². The number of hydrogen-bond donors (Lipinski definition) is 2. The van der Waals surface area contributed by atoms with Crippen molar-refractivity contribution in [3.63, 3.8) is 0 Å². The van der Waals surface area contributed by atoms with Crippen LogP contribution in [0.15, 0.2) is 36.5 Å². The molecule has 2 aromatic rings. The van der Waals surface area contributed by atoms with Crippen LogP contribution in [0.25, 0.3) is 10.9 Å². The molecule has 1 aliphatic heterocycles. The Morgan fingerprint density at radius 3 is 3.05 bits per heavy atom. The molecular formula is C14H16N4O. The SMILES string of the molecule is N=C(N)C1CN(c2ccnc3ccccc23)CCO1. The summed E-state index contributed by atoms with van der Waals surface area (Å²) in [5.41, 5.74) is 7.64. The summed E-state index contributed by atoms with van der Waals surface area (Å²) in [7, 11) is 0. The van der Waals surface area contributed by atoms with Crippen LogP contribution >= 0.6 is 0 Å². The van der Waals surface area contributed by atoms with E-state index in [4.69, 9.17) is 15.9 Å². The molecule has 0 aliphatic carbocycles. The highest BCUT2D eigenvalue weighted by atomic mass is 16.5. The van der Waals surface area contributed by atoms with E-state index in [1.54, 1.807) is 0 Å². The van der Waals surface area contributed by atoms with E-state index in [0.717, 1.165) is 23.1 Å². The van der Waals surface area contributed by atoms with Gasteiger partial charge in [0.1, 0.15) is 11.9 Å². The van der Waals surface area contributed by atoms with Gasteiger partial charge in [-0.1, -0.05) is 18.2 Å². The number of nitrogens with one attached hydrogen (secondary N) is 1. The molecule has 5 heteroatoms. The van der Waals surface area contributed by atoms with Gasteiger partial charge in [0.05, 0.1) is 18.7 Å². The van der Waals surface area contributed by atoms with Crippen LogP contribution in [0.2, 0.25) is 0 Å². The van der Waals surface area contributed by atoms with Gasteiger partial charge in [-0.05, 0) is 12.1 Å². The van der Waals surface area contributed by atoms with Gasteiger partial charge in [-0.3, -0.25) is 10.4 Å². The predicted octanol–water partition coefficient (Wildman–Crippen LogP) is 1.38. The second-order valence-electron chi connectivity index (χ2n) is 4.61. The van der Waals surface area contributed by atoms with Crippen LogP contribution < -0.4 is 10.6 Å². The van der Waals surface area contributed by atoms with Crippen molar-refractivity contribution in [1.82, 2.24) is 4.98 Å². The van der Waals surface area contributed by atoms with Crippen LogP contribution in [0.5, 0.6) is 0 Å². The van der Waals surface area contributed by atoms with Crippen LogP contribution in [0.1, 0.15) is 0 Å². The van der Waals surface area contributed by atoms with Gasteiger partial charge in [-0.15, -0.1) is 0 Å². The van der Waals surface area contributed by atoms with Crippen molar-refractivity contribution in [2.24, 2.45) is 5.73 Å². The summed E-state index contributed by atoms with van der Waals surface area (Å²) in [4.78, 5) is 6.57. The van der Waals surface area contributed by atoms with E-state index in [0.29, 0.717) is 13.2 Å². The number of para-hydroxylation sites is 1. The Morgan fingerprint density at radius 1 is 1.37 bits per heavy atom. The first-order chi connectivity index (χ1) is 9.25. The van der Waals surface area contributed by atoms with Crippen molar-refractivity contribution in [2.45, 2.75) is 6.10 Å². The molecule has 2 heterocycles. The van der Waals surface area contributed by atoms with Crippen LogP contribution in [0, 0.1) is 5.41 Å². The molecule has 1 fully saturated rings. The van der Waals surface area contributed by atoms with E-state index in [1.807, 2.05) is 30.5 Å². The molecule has 98 valence electrons. The maximum atomic E-state index is 7.52. The standard InChI is InChI=1S/C14H16N4O/c15-14(16)13-9-18(7-8-19-13)12-5-6-17-11-4-2-1-3-10(11)12/h1-6,13H,7-9H2,(H3,15,16). The molecule has 5 nitrogen and oxygen atoms in total. The predicted molar refractivity (Wildman–Crippen MR) is 75.6 cm³/mol. The maximum absolute atomic E-state index is 7.52. The zero-order valence-corrected chi connectivity index (χ0v) is 10.5. The number of amidine groups is 1. The van der Waals surface area contributed by atoms with Crippen molar-refractivity contribution in [3.05, 3.63) is 36.5 Å². The Bertz CT molecular complexity index is 608. The normalized spacial score (nSPS) is 19.6. The van der Waals surface area contributed by atoms with E-state index in [-0.39, 0.29) is 11.9 Å². The van der Waals surface area contributed by atoms with Crippen LogP contribution in [0.3, 0.4) is 0 Å².